The highest BCUT2D eigenvalue weighted by Gasteiger charge is 2.45. The maximum Gasteiger partial charge on any atom is 0.253 e. The van der Waals surface area contributed by atoms with Crippen LogP contribution in [0.2, 0.25) is 5.02 Å². The van der Waals surface area contributed by atoms with Crippen LogP contribution in [0.5, 0.6) is 0 Å². The Bertz CT molecular complexity index is 620. The van der Waals surface area contributed by atoms with Crippen molar-refractivity contribution in [3.63, 3.8) is 0 Å². The summed E-state index contributed by atoms with van der Waals surface area (Å²) in [5, 5.41) is 0.553. The van der Waals surface area contributed by atoms with Crippen molar-refractivity contribution in [2.75, 3.05) is 26.2 Å². The van der Waals surface area contributed by atoms with Gasteiger partial charge in [-0.1, -0.05) is 24.1 Å². The highest BCUT2D eigenvalue weighted by atomic mass is 35.5. The third-order valence-corrected chi connectivity index (χ3v) is 5.60. The predicted molar refractivity (Wildman–Crippen MR) is 93.9 cm³/mol. The molecule has 2 aliphatic rings. The van der Waals surface area contributed by atoms with Crippen LogP contribution in [0.25, 0.3) is 0 Å². The molecule has 3 rings (SSSR count). The van der Waals surface area contributed by atoms with Crippen LogP contribution in [0.15, 0.2) is 24.3 Å². The molecule has 2 N–H and O–H groups in total. The third-order valence-electron chi connectivity index (χ3n) is 5.37. The zero-order chi connectivity index (χ0) is 17.2. The van der Waals surface area contributed by atoms with Gasteiger partial charge in [0.1, 0.15) is 5.54 Å². The quantitative estimate of drug-likeness (QED) is 0.910. The number of rotatable bonds is 3. The lowest BCUT2D eigenvalue weighted by Gasteiger charge is -2.48. The van der Waals surface area contributed by atoms with Crippen LogP contribution in [0.4, 0.5) is 0 Å². The van der Waals surface area contributed by atoms with Crippen molar-refractivity contribution in [2.45, 2.75) is 37.6 Å². The number of nitrogens with two attached hydrogens (primary N) is 1. The summed E-state index contributed by atoms with van der Waals surface area (Å²) in [5.41, 5.74) is 5.78. The first-order valence-corrected chi connectivity index (χ1v) is 9.00. The molecule has 0 saturated carbocycles. The van der Waals surface area contributed by atoms with Crippen LogP contribution < -0.4 is 5.73 Å². The van der Waals surface area contributed by atoms with Gasteiger partial charge in [-0.15, -0.1) is 0 Å². The van der Waals surface area contributed by atoms with E-state index in [0.29, 0.717) is 36.5 Å². The van der Waals surface area contributed by atoms with E-state index < -0.39 is 5.54 Å². The molecule has 2 heterocycles. The van der Waals surface area contributed by atoms with Crippen molar-refractivity contribution >= 4 is 23.4 Å². The van der Waals surface area contributed by atoms with Crippen molar-refractivity contribution in [3.8, 4) is 0 Å². The monoisotopic (exact) mass is 349 g/mol. The highest BCUT2D eigenvalue weighted by Crippen LogP contribution is 2.32. The summed E-state index contributed by atoms with van der Waals surface area (Å²) in [5.74, 6) is -0.284. The van der Waals surface area contributed by atoms with Gasteiger partial charge >= 0.3 is 0 Å². The number of benzene rings is 1. The number of nitrogens with zero attached hydrogens (tertiary/aromatic N) is 2. The molecule has 0 aromatic heterocycles. The van der Waals surface area contributed by atoms with Gasteiger partial charge < -0.3 is 10.6 Å². The number of likely N-dealkylation sites (tertiary alicyclic amines) is 2. The maximum absolute atomic E-state index is 12.6. The minimum absolute atomic E-state index is 0.0331. The highest BCUT2D eigenvalue weighted by molar-refractivity contribution is 6.30. The van der Waals surface area contributed by atoms with E-state index in [2.05, 4.69) is 4.90 Å². The van der Waals surface area contributed by atoms with Crippen molar-refractivity contribution < 1.29 is 9.59 Å². The second kappa shape index (κ2) is 7.11. The van der Waals surface area contributed by atoms with Crippen LogP contribution in [-0.4, -0.2) is 53.3 Å². The van der Waals surface area contributed by atoms with Crippen molar-refractivity contribution in [1.29, 1.82) is 0 Å². The summed E-state index contributed by atoms with van der Waals surface area (Å²) in [6.45, 7) is 2.94. The van der Waals surface area contributed by atoms with Gasteiger partial charge in [-0.25, -0.2) is 0 Å². The number of primary amides is 1. The Labute approximate surface area is 147 Å². The van der Waals surface area contributed by atoms with Crippen LogP contribution in [0.1, 0.15) is 42.5 Å². The van der Waals surface area contributed by atoms with E-state index in [1.807, 2.05) is 0 Å². The lowest BCUT2D eigenvalue weighted by molar-refractivity contribution is -0.134. The van der Waals surface area contributed by atoms with Crippen LogP contribution in [-0.2, 0) is 4.79 Å². The molecule has 1 aromatic carbocycles. The number of amides is 2. The average molecular weight is 350 g/mol. The number of hydrogen-bond donors (Lipinski definition) is 1. The van der Waals surface area contributed by atoms with Gasteiger partial charge in [-0.05, 0) is 57.0 Å². The molecule has 2 amide bonds. The zero-order valence-corrected chi connectivity index (χ0v) is 14.6. The minimum Gasteiger partial charge on any atom is -0.368 e. The fourth-order valence-electron chi connectivity index (χ4n) is 3.92. The molecule has 2 aliphatic heterocycles. The lowest BCUT2D eigenvalue weighted by atomic mass is 9.83. The molecule has 0 radical (unpaired) electrons. The first-order valence-electron chi connectivity index (χ1n) is 8.63. The van der Waals surface area contributed by atoms with Crippen molar-refractivity contribution in [2.24, 2.45) is 5.73 Å². The van der Waals surface area contributed by atoms with E-state index >= 15 is 0 Å². The molecular weight excluding hydrogens is 326 g/mol. The molecule has 0 aliphatic carbocycles. The normalized spacial score (nSPS) is 21.5. The Morgan fingerprint density at radius 2 is 1.71 bits per heavy atom. The topological polar surface area (TPSA) is 66.6 Å². The van der Waals surface area contributed by atoms with E-state index in [0.717, 1.165) is 25.9 Å². The Balaban J connectivity index is 1.71. The first-order chi connectivity index (χ1) is 11.5. The number of carbonyl (C=O) groups is 2. The van der Waals surface area contributed by atoms with Gasteiger partial charge in [-0.3, -0.25) is 14.5 Å². The SMILES string of the molecule is NC(=O)C1(N2CCCCC2)CCN(C(=O)c2cccc(Cl)c2)CC1. The second-order valence-electron chi connectivity index (χ2n) is 6.75. The summed E-state index contributed by atoms with van der Waals surface area (Å²) in [4.78, 5) is 28.9. The van der Waals surface area contributed by atoms with E-state index in [1.165, 1.54) is 6.42 Å². The van der Waals surface area contributed by atoms with Crippen LogP contribution in [0, 0.1) is 0 Å². The fourth-order valence-corrected chi connectivity index (χ4v) is 4.11. The molecule has 0 bridgehead atoms. The van der Waals surface area contributed by atoms with E-state index in [9.17, 15) is 9.59 Å². The standard InChI is InChI=1S/C18H24ClN3O2/c19-15-6-4-5-14(13-15)16(23)21-11-7-18(8-12-21,17(20)24)22-9-2-1-3-10-22/h4-6,13H,1-3,7-12H2,(H2,20,24). The average Bonchev–Trinajstić information content (AvgIpc) is 2.62. The Kier molecular flexibility index (Phi) is 5.11. The lowest BCUT2D eigenvalue weighted by Crippen LogP contribution is -2.63. The smallest absolute Gasteiger partial charge is 0.253 e. The van der Waals surface area contributed by atoms with Crippen molar-refractivity contribution in [1.82, 2.24) is 9.80 Å². The molecule has 130 valence electrons. The second-order valence-corrected chi connectivity index (χ2v) is 7.18. The number of halogens is 1. The number of hydrogen-bond acceptors (Lipinski definition) is 3. The molecule has 5 nitrogen and oxygen atoms in total. The molecule has 2 saturated heterocycles. The summed E-state index contributed by atoms with van der Waals surface area (Å²) in [7, 11) is 0. The minimum atomic E-state index is -0.592. The van der Waals surface area contributed by atoms with Crippen LogP contribution >= 0.6 is 11.6 Å². The van der Waals surface area contributed by atoms with Gasteiger partial charge in [0, 0.05) is 23.7 Å². The van der Waals surface area contributed by atoms with E-state index in [1.54, 1.807) is 29.2 Å². The van der Waals surface area contributed by atoms with Gasteiger partial charge in [0.05, 0.1) is 0 Å². The third kappa shape index (κ3) is 3.28. The maximum atomic E-state index is 12.6. The number of carbonyl (C=O) groups excluding carboxylic acids is 2. The molecule has 24 heavy (non-hydrogen) atoms. The van der Waals surface area contributed by atoms with Gasteiger partial charge in [0.15, 0.2) is 0 Å². The first kappa shape index (κ1) is 17.2. The molecule has 1 aromatic rings. The van der Waals surface area contributed by atoms with E-state index in [-0.39, 0.29) is 11.8 Å². The Morgan fingerprint density at radius 3 is 2.29 bits per heavy atom. The van der Waals surface area contributed by atoms with Crippen LogP contribution in [0.3, 0.4) is 0 Å². The summed E-state index contributed by atoms with van der Waals surface area (Å²) >= 11 is 5.98. The molecule has 2 fully saturated rings. The summed E-state index contributed by atoms with van der Waals surface area (Å²) in [6, 6.07) is 6.99. The predicted octanol–water partition coefficient (Wildman–Crippen LogP) is 2.29. The van der Waals surface area contributed by atoms with Crippen molar-refractivity contribution in [3.05, 3.63) is 34.9 Å². The Hall–Kier alpha value is -1.59. The molecular formula is C18H24ClN3O2. The number of piperidine rings is 2. The van der Waals surface area contributed by atoms with E-state index in [4.69, 9.17) is 17.3 Å². The molecule has 0 spiro atoms. The van der Waals surface area contributed by atoms with Gasteiger partial charge in [0.25, 0.3) is 5.91 Å². The van der Waals surface area contributed by atoms with Gasteiger partial charge in [-0.2, -0.15) is 0 Å². The van der Waals surface area contributed by atoms with Gasteiger partial charge in [0.2, 0.25) is 5.91 Å². The molecule has 0 atom stereocenters. The fraction of sp³-hybridized carbons (Fsp3) is 0.556. The summed E-state index contributed by atoms with van der Waals surface area (Å²) < 4.78 is 0. The largest absolute Gasteiger partial charge is 0.368 e. The molecule has 6 heteroatoms. The Morgan fingerprint density at radius 1 is 1.04 bits per heavy atom. The zero-order valence-electron chi connectivity index (χ0n) is 13.8. The molecule has 0 unspecified atom stereocenters. The summed E-state index contributed by atoms with van der Waals surface area (Å²) in [6.07, 6.45) is 4.65.